The van der Waals surface area contributed by atoms with Crippen molar-refractivity contribution in [3.63, 3.8) is 0 Å². The SMILES string of the molecule is C1CSCO1.CC.CO.O=C(Nc1ccnc(=O)[nH]1)OCC(Cl)(Cl)Cl. The minimum absolute atomic E-state index is 0.134. The van der Waals surface area contributed by atoms with E-state index in [1.165, 1.54) is 18.0 Å². The normalized spacial score (nSPS) is 12.3. The molecule has 1 amide bonds. The van der Waals surface area contributed by atoms with Gasteiger partial charge in [0.05, 0.1) is 12.5 Å². The number of aromatic nitrogens is 2. The minimum Gasteiger partial charge on any atom is -0.445 e. The van der Waals surface area contributed by atoms with Gasteiger partial charge in [-0.15, -0.1) is 11.8 Å². The summed E-state index contributed by atoms with van der Waals surface area (Å²) in [6.45, 7) is 4.56. The van der Waals surface area contributed by atoms with E-state index in [1.54, 1.807) is 0 Å². The predicted octanol–water partition coefficient (Wildman–Crippen LogP) is 3.03. The van der Waals surface area contributed by atoms with Gasteiger partial charge in [0.2, 0.25) is 3.79 Å². The Balaban J connectivity index is 0. The van der Waals surface area contributed by atoms with E-state index in [0.29, 0.717) is 0 Å². The van der Waals surface area contributed by atoms with Gasteiger partial charge in [-0.3, -0.25) is 10.3 Å². The summed E-state index contributed by atoms with van der Waals surface area (Å²) in [5, 5.41) is 9.22. The molecule has 0 bridgehead atoms. The molecule has 1 aromatic heterocycles. The predicted molar refractivity (Wildman–Crippen MR) is 103 cm³/mol. The number of aliphatic hydroxyl groups is 1. The average Bonchev–Trinajstić information content (AvgIpc) is 3.16. The molecular formula is C13H22Cl3N3O5S. The quantitative estimate of drug-likeness (QED) is 0.608. The summed E-state index contributed by atoms with van der Waals surface area (Å²) in [7, 11) is 1.00. The second-order valence-electron chi connectivity index (χ2n) is 3.54. The van der Waals surface area contributed by atoms with Crippen LogP contribution >= 0.6 is 46.6 Å². The third-order valence-corrected chi connectivity index (χ3v) is 2.93. The first-order valence-corrected chi connectivity index (χ1v) is 9.32. The number of halogens is 3. The van der Waals surface area contributed by atoms with Crippen LogP contribution in [0.5, 0.6) is 0 Å². The molecule has 2 heterocycles. The van der Waals surface area contributed by atoms with Crippen molar-refractivity contribution in [2.75, 3.05) is 37.3 Å². The Morgan fingerprint density at radius 3 is 2.52 bits per heavy atom. The zero-order valence-electron chi connectivity index (χ0n) is 14.1. The zero-order valence-corrected chi connectivity index (χ0v) is 17.1. The first kappa shape index (κ1) is 26.5. The lowest BCUT2D eigenvalue weighted by molar-refractivity contribution is 0.164. The summed E-state index contributed by atoms with van der Waals surface area (Å²) in [4.78, 5) is 27.5. The number of alkyl halides is 3. The monoisotopic (exact) mass is 437 g/mol. The van der Waals surface area contributed by atoms with Gasteiger partial charge >= 0.3 is 11.8 Å². The zero-order chi connectivity index (χ0) is 19.7. The summed E-state index contributed by atoms with van der Waals surface area (Å²) in [6.07, 6.45) is 0.372. The lowest BCUT2D eigenvalue weighted by atomic mass is 10.6. The largest absolute Gasteiger partial charge is 0.445 e. The molecule has 12 heteroatoms. The number of aliphatic hydroxyl groups excluding tert-OH is 1. The molecule has 0 aliphatic carbocycles. The fourth-order valence-corrected chi connectivity index (χ4v) is 1.78. The molecular weight excluding hydrogens is 417 g/mol. The Hall–Kier alpha value is -0.710. The topological polar surface area (TPSA) is 114 Å². The number of carbonyl (C=O) groups is 1. The van der Waals surface area contributed by atoms with Gasteiger partial charge in [-0.2, -0.15) is 0 Å². The summed E-state index contributed by atoms with van der Waals surface area (Å²) < 4.78 is 7.79. The maximum Gasteiger partial charge on any atom is 0.412 e. The molecule has 1 aliphatic heterocycles. The van der Waals surface area contributed by atoms with Crippen LogP contribution in [0, 0.1) is 0 Å². The number of nitrogens with zero attached hydrogens (tertiary/aromatic N) is 1. The van der Waals surface area contributed by atoms with Crippen LogP contribution in [-0.4, -0.2) is 57.0 Å². The highest BCUT2D eigenvalue weighted by Crippen LogP contribution is 2.25. The number of hydrogen-bond acceptors (Lipinski definition) is 7. The van der Waals surface area contributed by atoms with Crippen LogP contribution in [0.3, 0.4) is 0 Å². The third-order valence-electron chi connectivity index (χ3n) is 1.82. The molecule has 2 rings (SSSR count). The molecule has 8 nitrogen and oxygen atoms in total. The van der Waals surface area contributed by atoms with Crippen molar-refractivity contribution < 1.29 is 19.4 Å². The molecule has 0 atom stereocenters. The van der Waals surface area contributed by atoms with Crippen LogP contribution in [-0.2, 0) is 9.47 Å². The van der Waals surface area contributed by atoms with E-state index in [1.807, 2.05) is 25.6 Å². The molecule has 0 saturated carbocycles. The average molecular weight is 439 g/mol. The van der Waals surface area contributed by atoms with Crippen molar-refractivity contribution in [2.24, 2.45) is 0 Å². The number of anilines is 1. The van der Waals surface area contributed by atoms with Crippen molar-refractivity contribution in [1.82, 2.24) is 9.97 Å². The lowest BCUT2D eigenvalue weighted by Gasteiger charge is -2.11. The van der Waals surface area contributed by atoms with Crippen molar-refractivity contribution in [3.8, 4) is 0 Å². The number of H-pyrrole nitrogens is 1. The molecule has 146 valence electrons. The molecule has 1 saturated heterocycles. The molecule has 1 aromatic rings. The van der Waals surface area contributed by atoms with Gasteiger partial charge < -0.3 is 14.6 Å². The minimum atomic E-state index is -1.68. The summed E-state index contributed by atoms with van der Waals surface area (Å²) >= 11 is 17.9. The highest BCUT2D eigenvalue weighted by atomic mass is 35.6. The maximum absolute atomic E-state index is 11.1. The van der Waals surface area contributed by atoms with Crippen molar-refractivity contribution in [2.45, 2.75) is 17.6 Å². The standard InChI is InChI=1S/C7H6Cl3N3O3.C3H6OS.C2H6.CH4O/c8-7(9,10)3-16-6(15)13-4-1-2-11-5(14)12-4;1-2-5-3-4-1;2*1-2/h1-2H,3H2,(H2,11,12,13,14,15);1-3H2;1-2H3;2H,1H3. The van der Waals surface area contributed by atoms with E-state index in [9.17, 15) is 9.59 Å². The second-order valence-corrected chi connectivity index (χ2v) is 7.11. The molecule has 3 N–H and O–H groups in total. The second kappa shape index (κ2) is 16.7. The number of nitrogens with one attached hydrogen (secondary N) is 2. The number of amides is 1. The lowest BCUT2D eigenvalue weighted by Crippen LogP contribution is -2.23. The third kappa shape index (κ3) is 17.9. The van der Waals surface area contributed by atoms with Crippen LogP contribution < -0.4 is 11.0 Å². The van der Waals surface area contributed by atoms with Gasteiger partial charge in [0, 0.05) is 19.1 Å². The van der Waals surface area contributed by atoms with Crippen molar-refractivity contribution in [1.29, 1.82) is 0 Å². The van der Waals surface area contributed by atoms with Crippen LogP contribution in [0.15, 0.2) is 17.1 Å². The molecule has 1 fully saturated rings. The first-order valence-electron chi connectivity index (χ1n) is 7.03. The number of thioether (sulfide) groups is 1. The number of carbonyl (C=O) groups excluding carboxylic acids is 1. The Morgan fingerprint density at radius 2 is 2.12 bits per heavy atom. The Kier molecular flexibility index (Phi) is 17.8. The van der Waals surface area contributed by atoms with Crippen LogP contribution in [0.25, 0.3) is 0 Å². The fraction of sp³-hybridized carbons (Fsp3) is 0.615. The smallest absolute Gasteiger partial charge is 0.412 e. The molecule has 25 heavy (non-hydrogen) atoms. The number of aromatic amines is 1. The summed E-state index contributed by atoms with van der Waals surface area (Å²) in [5.74, 6) is 2.24. The van der Waals surface area contributed by atoms with E-state index < -0.39 is 22.2 Å². The molecule has 0 radical (unpaired) electrons. The van der Waals surface area contributed by atoms with Crippen LogP contribution in [0.4, 0.5) is 10.6 Å². The van der Waals surface area contributed by atoms with E-state index in [-0.39, 0.29) is 5.82 Å². The van der Waals surface area contributed by atoms with Gasteiger partial charge in [-0.1, -0.05) is 48.7 Å². The van der Waals surface area contributed by atoms with Crippen molar-refractivity contribution >= 4 is 58.5 Å². The van der Waals surface area contributed by atoms with E-state index in [4.69, 9.17) is 44.6 Å². The van der Waals surface area contributed by atoms with Crippen LogP contribution in [0.1, 0.15) is 13.8 Å². The first-order chi connectivity index (χ1) is 11.9. The number of rotatable bonds is 2. The Bertz CT molecular complexity index is 503. The molecule has 0 aromatic carbocycles. The number of ether oxygens (including phenoxy) is 2. The van der Waals surface area contributed by atoms with E-state index >= 15 is 0 Å². The van der Waals surface area contributed by atoms with E-state index in [0.717, 1.165) is 19.7 Å². The van der Waals surface area contributed by atoms with Gasteiger partial charge in [0.15, 0.2) is 0 Å². The molecule has 0 spiro atoms. The highest BCUT2D eigenvalue weighted by molar-refractivity contribution is 7.99. The van der Waals surface area contributed by atoms with E-state index in [2.05, 4.69) is 20.0 Å². The van der Waals surface area contributed by atoms with Gasteiger partial charge in [0.1, 0.15) is 12.4 Å². The summed E-state index contributed by atoms with van der Waals surface area (Å²) in [6, 6.07) is 1.37. The highest BCUT2D eigenvalue weighted by Gasteiger charge is 2.22. The molecule has 0 unspecified atom stereocenters. The van der Waals surface area contributed by atoms with Gasteiger partial charge in [-0.25, -0.2) is 14.6 Å². The van der Waals surface area contributed by atoms with Gasteiger partial charge in [-0.05, 0) is 6.07 Å². The summed E-state index contributed by atoms with van der Waals surface area (Å²) in [5.41, 5.74) is -0.598. The van der Waals surface area contributed by atoms with Crippen LogP contribution in [0.2, 0.25) is 0 Å². The Labute approximate surface area is 165 Å². The number of hydrogen-bond donors (Lipinski definition) is 3. The van der Waals surface area contributed by atoms with Gasteiger partial charge in [0.25, 0.3) is 0 Å². The Morgan fingerprint density at radius 1 is 1.48 bits per heavy atom. The maximum atomic E-state index is 11.1. The molecule has 1 aliphatic rings. The van der Waals surface area contributed by atoms with Crippen molar-refractivity contribution in [3.05, 3.63) is 22.7 Å². The fourth-order valence-electron chi connectivity index (χ4n) is 1.03.